The molecule has 0 aliphatic carbocycles. The fraction of sp³-hybridized carbons (Fsp3) is 0.0714. The molecule has 3 aromatic rings. The molecule has 0 aliphatic rings. The van der Waals surface area contributed by atoms with Gasteiger partial charge in [0.1, 0.15) is 17.2 Å². The Hall–Kier alpha value is -1.23. The van der Waals surface area contributed by atoms with Gasteiger partial charge in [-0.1, -0.05) is 29.3 Å². The minimum absolute atomic E-state index is 0.485. The summed E-state index contributed by atoms with van der Waals surface area (Å²) in [6.07, 6.45) is 1.89. The summed E-state index contributed by atoms with van der Waals surface area (Å²) in [6, 6.07) is 7.37. The number of aromatic nitrogens is 2. The SMILES string of the molecule is Cc1cc(Br)cn2c(N)c(-c3ccc(Cl)c(Cl)c3)nc12. The van der Waals surface area contributed by atoms with Crippen molar-refractivity contribution in [3.63, 3.8) is 0 Å². The standard InChI is InChI=1S/C14H10BrCl2N3/c1-7-4-9(15)6-20-13(18)12(19-14(7)20)8-2-3-10(16)11(17)5-8/h2-6H,18H2,1H3. The number of aryl methyl sites for hydroxylation is 1. The van der Waals surface area contributed by atoms with Crippen LogP contribution < -0.4 is 5.73 Å². The number of benzene rings is 1. The van der Waals surface area contributed by atoms with Crippen LogP contribution in [-0.4, -0.2) is 9.38 Å². The van der Waals surface area contributed by atoms with Crippen molar-refractivity contribution in [2.24, 2.45) is 0 Å². The van der Waals surface area contributed by atoms with E-state index < -0.39 is 0 Å². The van der Waals surface area contributed by atoms with E-state index in [0.717, 1.165) is 21.2 Å². The lowest BCUT2D eigenvalue weighted by Crippen LogP contribution is -1.95. The fourth-order valence-corrected chi connectivity index (χ4v) is 2.99. The van der Waals surface area contributed by atoms with E-state index in [9.17, 15) is 0 Å². The van der Waals surface area contributed by atoms with Crippen molar-refractivity contribution < 1.29 is 0 Å². The molecule has 0 amide bonds. The van der Waals surface area contributed by atoms with E-state index >= 15 is 0 Å². The van der Waals surface area contributed by atoms with Gasteiger partial charge in [0.25, 0.3) is 0 Å². The van der Waals surface area contributed by atoms with Crippen LogP contribution in [0.1, 0.15) is 5.56 Å². The number of anilines is 1. The van der Waals surface area contributed by atoms with Crippen molar-refractivity contribution in [2.45, 2.75) is 6.92 Å². The molecule has 2 N–H and O–H groups in total. The Morgan fingerprint density at radius 3 is 2.65 bits per heavy atom. The zero-order valence-corrected chi connectivity index (χ0v) is 13.6. The molecule has 2 heterocycles. The summed E-state index contributed by atoms with van der Waals surface area (Å²) in [5.74, 6) is 0.572. The van der Waals surface area contributed by atoms with Crippen molar-refractivity contribution in [2.75, 3.05) is 5.73 Å². The second-order valence-corrected chi connectivity index (χ2v) is 6.24. The predicted octanol–water partition coefficient (Wildman–Crippen LogP) is 4.96. The Morgan fingerprint density at radius 1 is 1.20 bits per heavy atom. The van der Waals surface area contributed by atoms with Crippen molar-refractivity contribution in [1.29, 1.82) is 0 Å². The molecule has 6 heteroatoms. The number of hydrogen-bond donors (Lipinski definition) is 1. The normalized spacial score (nSPS) is 11.2. The third kappa shape index (κ3) is 2.18. The van der Waals surface area contributed by atoms with E-state index in [0.29, 0.717) is 21.6 Å². The van der Waals surface area contributed by atoms with Gasteiger partial charge in [-0.15, -0.1) is 0 Å². The van der Waals surface area contributed by atoms with E-state index in [2.05, 4.69) is 20.9 Å². The molecular formula is C14H10BrCl2N3. The lowest BCUT2D eigenvalue weighted by molar-refractivity contribution is 1.16. The first kappa shape index (κ1) is 13.7. The Balaban J connectivity index is 2.29. The van der Waals surface area contributed by atoms with E-state index in [-0.39, 0.29) is 0 Å². The number of fused-ring (bicyclic) bond motifs is 1. The third-order valence-corrected chi connectivity index (χ3v) is 4.27. The fourth-order valence-electron chi connectivity index (χ4n) is 2.14. The highest BCUT2D eigenvalue weighted by molar-refractivity contribution is 9.10. The number of nitrogens with two attached hydrogens (primary N) is 1. The quantitative estimate of drug-likeness (QED) is 0.657. The maximum Gasteiger partial charge on any atom is 0.142 e. The van der Waals surface area contributed by atoms with Gasteiger partial charge in [-0.25, -0.2) is 4.98 Å². The summed E-state index contributed by atoms with van der Waals surface area (Å²) in [5.41, 5.74) is 9.61. The summed E-state index contributed by atoms with van der Waals surface area (Å²) in [6.45, 7) is 1.99. The van der Waals surface area contributed by atoms with E-state index in [4.69, 9.17) is 28.9 Å². The molecule has 0 bridgehead atoms. The second kappa shape index (κ2) is 4.95. The van der Waals surface area contributed by atoms with Crippen LogP contribution in [0, 0.1) is 6.92 Å². The smallest absolute Gasteiger partial charge is 0.142 e. The van der Waals surface area contributed by atoms with Crippen LogP contribution in [0.15, 0.2) is 34.9 Å². The first-order valence-corrected chi connectivity index (χ1v) is 7.41. The summed E-state index contributed by atoms with van der Waals surface area (Å²) in [5, 5.41) is 0.996. The molecule has 0 spiro atoms. The van der Waals surface area contributed by atoms with Gasteiger partial charge < -0.3 is 5.73 Å². The zero-order valence-electron chi connectivity index (χ0n) is 10.5. The average molecular weight is 371 g/mol. The largest absolute Gasteiger partial charge is 0.383 e. The summed E-state index contributed by atoms with van der Waals surface area (Å²) < 4.78 is 2.81. The lowest BCUT2D eigenvalue weighted by Gasteiger charge is -2.02. The molecule has 0 saturated heterocycles. The highest BCUT2D eigenvalue weighted by atomic mass is 79.9. The van der Waals surface area contributed by atoms with Gasteiger partial charge in [0.2, 0.25) is 0 Å². The molecule has 0 saturated carbocycles. The molecule has 2 aromatic heterocycles. The van der Waals surface area contributed by atoms with Crippen molar-refractivity contribution in [1.82, 2.24) is 9.38 Å². The second-order valence-electron chi connectivity index (χ2n) is 4.51. The van der Waals surface area contributed by atoms with Crippen LogP contribution >= 0.6 is 39.1 Å². The number of nitrogen functional groups attached to an aromatic ring is 1. The number of rotatable bonds is 1. The summed E-state index contributed by atoms with van der Waals surface area (Å²) >= 11 is 15.5. The van der Waals surface area contributed by atoms with Gasteiger partial charge in [0.15, 0.2) is 0 Å². The maximum absolute atomic E-state index is 6.20. The third-order valence-electron chi connectivity index (χ3n) is 3.10. The molecule has 0 fully saturated rings. The molecule has 3 nitrogen and oxygen atoms in total. The molecule has 0 unspecified atom stereocenters. The van der Waals surface area contributed by atoms with Gasteiger partial charge in [0, 0.05) is 16.2 Å². The Bertz CT molecular complexity index is 827. The van der Waals surface area contributed by atoms with Gasteiger partial charge in [-0.05, 0) is 46.6 Å². The van der Waals surface area contributed by atoms with E-state index in [1.165, 1.54) is 0 Å². The molecule has 102 valence electrons. The van der Waals surface area contributed by atoms with Gasteiger partial charge in [0.05, 0.1) is 10.0 Å². The topological polar surface area (TPSA) is 43.3 Å². The predicted molar refractivity (Wildman–Crippen MR) is 87.5 cm³/mol. The van der Waals surface area contributed by atoms with Gasteiger partial charge >= 0.3 is 0 Å². The minimum Gasteiger partial charge on any atom is -0.383 e. The molecule has 3 rings (SSSR count). The Morgan fingerprint density at radius 2 is 1.95 bits per heavy atom. The van der Waals surface area contributed by atoms with E-state index in [1.807, 2.05) is 29.7 Å². The van der Waals surface area contributed by atoms with Crippen LogP contribution in [0.2, 0.25) is 10.0 Å². The molecule has 0 aliphatic heterocycles. The van der Waals surface area contributed by atoms with E-state index in [1.54, 1.807) is 12.1 Å². The minimum atomic E-state index is 0.485. The molecule has 0 radical (unpaired) electrons. The molecule has 1 aromatic carbocycles. The first-order chi connectivity index (χ1) is 9.47. The molecule has 20 heavy (non-hydrogen) atoms. The number of halogens is 3. The maximum atomic E-state index is 6.20. The monoisotopic (exact) mass is 369 g/mol. The molecule has 0 atom stereocenters. The van der Waals surface area contributed by atoms with Crippen molar-refractivity contribution in [3.8, 4) is 11.3 Å². The first-order valence-electron chi connectivity index (χ1n) is 5.86. The number of imidazole rings is 1. The Kier molecular flexibility index (Phi) is 3.40. The van der Waals surface area contributed by atoms with Gasteiger partial charge in [-0.3, -0.25) is 4.40 Å². The van der Waals surface area contributed by atoms with Gasteiger partial charge in [-0.2, -0.15) is 0 Å². The number of nitrogens with zero attached hydrogens (tertiary/aromatic N) is 2. The van der Waals surface area contributed by atoms with Crippen LogP contribution in [0.25, 0.3) is 16.9 Å². The summed E-state index contributed by atoms with van der Waals surface area (Å²) in [4.78, 5) is 4.61. The van der Waals surface area contributed by atoms with Crippen LogP contribution in [0.4, 0.5) is 5.82 Å². The highest BCUT2D eigenvalue weighted by Crippen LogP contribution is 2.32. The number of pyridine rings is 1. The molecular weight excluding hydrogens is 361 g/mol. The van der Waals surface area contributed by atoms with Crippen molar-refractivity contribution >= 4 is 50.6 Å². The summed E-state index contributed by atoms with van der Waals surface area (Å²) in [7, 11) is 0. The van der Waals surface area contributed by atoms with Crippen LogP contribution in [0.3, 0.4) is 0 Å². The Labute approximate surface area is 134 Å². The van der Waals surface area contributed by atoms with Crippen LogP contribution in [0.5, 0.6) is 0 Å². The average Bonchev–Trinajstić information content (AvgIpc) is 2.71. The zero-order chi connectivity index (χ0) is 14.4. The van der Waals surface area contributed by atoms with Crippen LogP contribution in [-0.2, 0) is 0 Å². The highest BCUT2D eigenvalue weighted by Gasteiger charge is 2.14. The lowest BCUT2D eigenvalue weighted by atomic mass is 10.1. The number of hydrogen-bond acceptors (Lipinski definition) is 2. The van der Waals surface area contributed by atoms with Crippen molar-refractivity contribution in [3.05, 3.63) is 50.5 Å².